The maximum atomic E-state index is 11.0. The van der Waals surface area contributed by atoms with Crippen LogP contribution in [0.15, 0.2) is 0 Å². The van der Waals surface area contributed by atoms with Crippen molar-refractivity contribution >= 4 is 11.9 Å². The Hall–Kier alpha value is -1.30. The lowest BCUT2D eigenvalue weighted by molar-refractivity contribution is -0.153. The Kier molecular flexibility index (Phi) is 2.49. The van der Waals surface area contributed by atoms with Crippen LogP contribution in [0.1, 0.15) is 19.8 Å². The molecule has 0 bridgehead atoms. The van der Waals surface area contributed by atoms with Gasteiger partial charge in [0.1, 0.15) is 0 Å². The highest BCUT2D eigenvalue weighted by atomic mass is 16.6. The molecule has 3 nitrogen and oxygen atoms in total. The minimum atomic E-state index is -0.468. The number of ether oxygens (including phenoxy) is 1. The molecule has 3 heteroatoms. The predicted octanol–water partition coefficient (Wildman–Crippen LogP) is 0.735. The number of hydrogen-bond donors (Lipinski definition) is 0. The van der Waals surface area contributed by atoms with E-state index in [9.17, 15) is 9.59 Å². The maximum Gasteiger partial charge on any atom is 0.318 e. The molecule has 12 heavy (non-hydrogen) atoms. The Morgan fingerprint density at radius 3 is 2.75 bits per heavy atom. The van der Waals surface area contributed by atoms with E-state index in [-0.39, 0.29) is 12.3 Å². The normalized spacial score (nSPS) is 24.8. The first kappa shape index (κ1) is 8.79. The van der Waals surface area contributed by atoms with E-state index < -0.39 is 17.9 Å². The van der Waals surface area contributed by atoms with Gasteiger partial charge >= 0.3 is 11.9 Å². The summed E-state index contributed by atoms with van der Waals surface area (Å²) < 4.78 is 4.39. The van der Waals surface area contributed by atoms with Crippen molar-refractivity contribution in [2.24, 2.45) is 11.8 Å². The van der Waals surface area contributed by atoms with Crippen LogP contribution in [-0.4, -0.2) is 11.9 Å². The zero-order valence-corrected chi connectivity index (χ0v) is 6.87. The fourth-order valence-corrected chi connectivity index (χ4v) is 1.32. The van der Waals surface area contributed by atoms with Crippen LogP contribution in [0.25, 0.3) is 0 Å². The van der Waals surface area contributed by atoms with Crippen LogP contribution in [0.4, 0.5) is 0 Å². The van der Waals surface area contributed by atoms with Crippen LogP contribution in [0.2, 0.25) is 0 Å². The van der Waals surface area contributed by atoms with E-state index in [1.807, 2.05) is 6.92 Å². The van der Waals surface area contributed by atoms with Gasteiger partial charge in [0.05, 0.1) is 12.3 Å². The molecule has 0 amide bonds. The number of esters is 2. The molecule has 2 unspecified atom stereocenters. The monoisotopic (exact) mass is 166 g/mol. The van der Waals surface area contributed by atoms with Gasteiger partial charge in [0.15, 0.2) is 0 Å². The molecule has 0 N–H and O–H groups in total. The summed E-state index contributed by atoms with van der Waals surface area (Å²) in [6.45, 7) is 1.89. The van der Waals surface area contributed by atoms with Gasteiger partial charge in [-0.1, -0.05) is 6.92 Å². The Morgan fingerprint density at radius 1 is 1.75 bits per heavy atom. The third-order valence-corrected chi connectivity index (χ3v) is 2.04. The van der Waals surface area contributed by atoms with Crippen molar-refractivity contribution in [3.63, 3.8) is 0 Å². The van der Waals surface area contributed by atoms with Crippen molar-refractivity contribution < 1.29 is 14.3 Å². The molecular weight excluding hydrogens is 156 g/mol. The van der Waals surface area contributed by atoms with E-state index in [0.717, 1.165) is 0 Å². The molecule has 1 rings (SSSR count). The molecule has 0 aromatic rings. The average Bonchev–Trinajstić information content (AvgIpc) is 2.34. The van der Waals surface area contributed by atoms with Crippen LogP contribution in [0.5, 0.6) is 0 Å². The Balaban J connectivity index is 2.70. The number of carbonyl (C=O) groups is 2. The van der Waals surface area contributed by atoms with Crippen LogP contribution < -0.4 is 0 Å². The van der Waals surface area contributed by atoms with Gasteiger partial charge in [0.25, 0.3) is 0 Å². The van der Waals surface area contributed by atoms with Crippen LogP contribution in [0.3, 0.4) is 0 Å². The highest BCUT2D eigenvalue weighted by Crippen LogP contribution is 2.25. The van der Waals surface area contributed by atoms with Crippen molar-refractivity contribution in [2.75, 3.05) is 0 Å². The van der Waals surface area contributed by atoms with E-state index in [4.69, 9.17) is 6.42 Å². The quantitative estimate of drug-likeness (QED) is 0.345. The number of hydrogen-bond acceptors (Lipinski definition) is 3. The van der Waals surface area contributed by atoms with Crippen LogP contribution in [0, 0.1) is 24.2 Å². The number of carbonyl (C=O) groups excluding carboxylic acids is 2. The van der Waals surface area contributed by atoms with E-state index in [1.165, 1.54) is 0 Å². The fraction of sp³-hybridized carbons (Fsp3) is 0.556. The smallest absolute Gasteiger partial charge is 0.318 e. The van der Waals surface area contributed by atoms with E-state index in [2.05, 4.69) is 10.7 Å². The Labute approximate surface area is 71.1 Å². The Bertz CT molecular complexity index is 249. The first-order valence-electron chi connectivity index (χ1n) is 3.89. The highest BCUT2D eigenvalue weighted by molar-refractivity contribution is 5.94. The number of rotatable bonds is 2. The van der Waals surface area contributed by atoms with Crippen molar-refractivity contribution in [3.8, 4) is 12.3 Å². The minimum Gasteiger partial charge on any atom is -0.393 e. The summed E-state index contributed by atoms with van der Waals surface area (Å²) in [4.78, 5) is 21.7. The van der Waals surface area contributed by atoms with Gasteiger partial charge in [0, 0.05) is 5.92 Å². The zero-order chi connectivity index (χ0) is 9.14. The van der Waals surface area contributed by atoms with Crippen molar-refractivity contribution in [3.05, 3.63) is 0 Å². The molecule has 0 aromatic heterocycles. The SMILES string of the molecule is C#CC(CC)C1CC(=O)OC1=O. The van der Waals surface area contributed by atoms with Gasteiger partial charge in [-0.15, -0.1) is 12.3 Å². The largest absolute Gasteiger partial charge is 0.393 e. The summed E-state index contributed by atoms with van der Waals surface area (Å²) in [5, 5.41) is 0. The summed E-state index contributed by atoms with van der Waals surface area (Å²) >= 11 is 0. The first-order chi connectivity index (χ1) is 5.69. The second-order valence-electron chi connectivity index (χ2n) is 2.79. The van der Waals surface area contributed by atoms with Crippen molar-refractivity contribution in [1.29, 1.82) is 0 Å². The lowest BCUT2D eigenvalue weighted by Gasteiger charge is -2.09. The second-order valence-corrected chi connectivity index (χ2v) is 2.79. The molecular formula is C9H10O3. The molecule has 0 radical (unpaired) electrons. The average molecular weight is 166 g/mol. The lowest BCUT2D eigenvalue weighted by atomic mass is 9.90. The van der Waals surface area contributed by atoms with Gasteiger partial charge in [0.2, 0.25) is 0 Å². The van der Waals surface area contributed by atoms with Gasteiger partial charge in [-0.3, -0.25) is 9.59 Å². The molecule has 1 aliphatic rings. The molecule has 0 aliphatic carbocycles. The third kappa shape index (κ3) is 1.48. The standard InChI is InChI=1S/C9H10O3/c1-3-6(4-2)7-5-8(10)12-9(7)11/h1,6-7H,4-5H2,2H3. The summed E-state index contributed by atoms with van der Waals surface area (Å²) in [7, 11) is 0. The summed E-state index contributed by atoms with van der Waals surface area (Å²) in [6, 6.07) is 0. The van der Waals surface area contributed by atoms with E-state index in [1.54, 1.807) is 0 Å². The maximum absolute atomic E-state index is 11.0. The third-order valence-electron chi connectivity index (χ3n) is 2.04. The topological polar surface area (TPSA) is 43.4 Å². The van der Waals surface area contributed by atoms with Crippen molar-refractivity contribution in [1.82, 2.24) is 0 Å². The summed E-state index contributed by atoms with van der Waals surface area (Å²) in [6.07, 6.45) is 6.04. The molecule has 0 saturated carbocycles. The zero-order valence-electron chi connectivity index (χ0n) is 6.87. The number of terminal acetylenes is 1. The molecule has 2 atom stereocenters. The van der Waals surface area contributed by atoms with Gasteiger partial charge in [-0.05, 0) is 6.42 Å². The van der Waals surface area contributed by atoms with E-state index >= 15 is 0 Å². The first-order valence-corrected chi connectivity index (χ1v) is 3.89. The Morgan fingerprint density at radius 2 is 2.42 bits per heavy atom. The summed E-state index contributed by atoms with van der Waals surface area (Å²) in [5.74, 6) is 0.992. The molecule has 1 saturated heterocycles. The predicted molar refractivity (Wildman–Crippen MR) is 41.8 cm³/mol. The molecule has 1 fully saturated rings. The minimum absolute atomic E-state index is 0.140. The number of cyclic esters (lactones) is 2. The van der Waals surface area contributed by atoms with Gasteiger partial charge in [-0.25, -0.2) is 0 Å². The van der Waals surface area contributed by atoms with Crippen LogP contribution in [-0.2, 0) is 14.3 Å². The van der Waals surface area contributed by atoms with Crippen molar-refractivity contribution in [2.45, 2.75) is 19.8 Å². The van der Waals surface area contributed by atoms with Gasteiger partial charge in [-0.2, -0.15) is 0 Å². The molecule has 64 valence electrons. The molecule has 0 aromatic carbocycles. The lowest BCUT2D eigenvalue weighted by Crippen LogP contribution is -2.17. The second kappa shape index (κ2) is 3.40. The van der Waals surface area contributed by atoms with Crippen LogP contribution >= 0.6 is 0 Å². The summed E-state index contributed by atoms with van der Waals surface area (Å²) in [5.41, 5.74) is 0. The van der Waals surface area contributed by atoms with Gasteiger partial charge < -0.3 is 4.74 Å². The highest BCUT2D eigenvalue weighted by Gasteiger charge is 2.37. The van der Waals surface area contributed by atoms with E-state index in [0.29, 0.717) is 6.42 Å². The molecule has 1 heterocycles. The molecule has 0 spiro atoms. The fourth-order valence-electron chi connectivity index (χ4n) is 1.32. The molecule has 1 aliphatic heterocycles.